The lowest BCUT2D eigenvalue weighted by atomic mass is 9.61. The van der Waals surface area contributed by atoms with Gasteiger partial charge in [0.15, 0.2) is 0 Å². The lowest BCUT2D eigenvalue weighted by Crippen LogP contribution is -2.51. The minimum absolute atomic E-state index is 0.0158. The van der Waals surface area contributed by atoms with Crippen LogP contribution < -0.4 is 33.2 Å². The number of allylic oxidation sites excluding steroid dienone is 11. The number of aromatic nitrogens is 3. The number of hydrogen-bond acceptors (Lipinski definition) is 12. The highest BCUT2D eigenvalue weighted by Crippen LogP contribution is 2.27. The van der Waals surface area contributed by atoms with Crippen LogP contribution in [0.3, 0.4) is 0 Å². The maximum Gasteiger partial charge on any atom is 0.466 e. The van der Waals surface area contributed by atoms with Gasteiger partial charge in [-0.2, -0.15) is 0 Å². The Hall–Kier alpha value is -7.83. The molecule has 374 valence electrons. The molecule has 1 aliphatic rings. The van der Waals surface area contributed by atoms with Gasteiger partial charge in [0.2, 0.25) is 17.7 Å². The molecule has 74 heavy (non-hydrogen) atoms. The quantitative estimate of drug-likeness (QED) is 0.0313. The molecule has 4 heterocycles. The first-order valence-corrected chi connectivity index (χ1v) is 24.2. The number of fused-ring (bicyclic) bond motifs is 3. The zero-order valence-corrected chi connectivity index (χ0v) is 42.0. The molecule has 1 saturated heterocycles. The van der Waals surface area contributed by atoms with Crippen LogP contribution in [0.2, 0.25) is 0 Å². The Bertz CT molecular complexity index is 3260. The molecule has 1 aliphatic heterocycles. The highest BCUT2D eigenvalue weighted by molar-refractivity contribution is 6.81. The number of carbonyl (C=O) groups is 3. The fraction of sp³-hybridized carbons (Fsp3) is 0.179. The van der Waals surface area contributed by atoms with Crippen molar-refractivity contribution in [2.75, 3.05) is 35.6 Å². The number of benzene rings is 3. The molecule has 18 heteroatoms. The van der Waals surface area contributed by atoms with Crippen LogP contribution in [-0.2, 0) is 28.1 Å². The van der Waals surface area contributed by atoms with Gasteiger partial charge in [-0.15, -0.1) is 0 Å². The first-order chi connectivity index (χ1) is 35.8. The van der Waals surface area contributed by atoms with Gasteiger partial charge < -0.3 is 46.9 Å². The Morgan fingerprint density at radius 1 is 0.500 bits per heavy atom. The van der Waals surface area contributed by atoms with Gasteiger partial charge in [0.25, 0.3) is 0 Å². The van der Waals surface area contributed by atoms with Crippen LogP contribution >= 0.6 is 0 Å². The second-order valence-electron chi connectivity index (χ2n) is 17.9. The summed E-state index contributed by atoms with van der Waals surface area (Å²) >= 11 is 0. The first-order valence-electron chi connectivity index (χ1n) is 24.2. The Morgan fingerprint density at radius 2 is 0.878 bits per heavy atom. The smallest absolute Gasteiger partial charge is 0.445 e. The molecule has 3 aromatic heterocycles. The number of nitrogens with one attached hydrogen (secondary N) is 3. The van der Waals surface area contributed by atoms with Crippen molar-refractivity contribution in [1.82, 2.24) is 15.0 Å². The summed E-state index contributed by atoms with van der Waals surface area (Å²) < 4.78 is 19.5. The summed E-state index contributed by atoms with van der Waals surface area (Å²) in [4.78, 5) is 53.4. The summed E-state index contributed by atoms with van der Waals surface area (Å²) in [5, 5.41) is 14.7. The predicted octanol–water partition coefficient (Wildman–Crippen LogP) is 8.43. The van der Waals surface area contributed by atoms with Crippen molar-refractivity contribution in [1.29, 1.82) is 0 Å². The maximum atomic E-state index is 13.7. The van der Waals surface area contributed by atoms with E-state index >= 15 is 0 Å². The lowest BCUT2D eigenvalue weighted by Gasteiger charge is -2.32. The number of carbonyl (C=O) groups excluding carboxylic acids is 3. The average Bonchev–Trinajstić information content (AvgIpc) is 3.41. The van der Waals surface area contributed by atoms with Gasteiger partial charge in [-0.3, -0.25) is 29.3 Å². The van der Waals surface area contributed by atoms with Crippen LogP contribution in [0.25, 0.3) is 32.3 Å². The van der Waals surface area contributed by atoms with Crippen molar-refractivity contribution >= 4 is 88.5 Å². The summed E-state index contributed by atoms with van der Waals surface area (Å²) in [6.45, 7) is 15.6. The molecule has 3 atom stereocenters. The zero-order chi connectivity index (χ0) is 52.7. The van der Waals surface area contributed by atoms with Crippen molar-refractivity contribution < 1.29 is 28.1 Å². The van der Waals surface area contributed by atoms with Crippen LogP contribution in [-0.4, -0.2) is 73.7 Å². The summed E-state index contributed by atoms with van der Waals surface area (Å²) in [6.07, 6.45) is 24.4. The van der Waals surface area contributed by atoms with Gasteiger partial charge in [0, 0.05) is 90.0 Å². The molecular formula is C56H60B3N9O6. The van der Waals surface area contributed by atoms with Gasteiger partial charge in [-0.25, -0.2) is 0 Å². The van der Waals surface area contributed by atoms with Crippen LogP contribution in [0.4, 0.5) is 17.1 Å². The Morgan fingerprint density at radius 3 is 1.27 bits per heavy atom. The van der Waals surface area contributed by atoms with E-state index in [1.54, 1.807) is 73.6 Å². The molecule has 0 saturated carbocycles. The lowest BCUT2D eigenvalue weighted by molar-refractivity contribution is -0.119. The van der Waals surface area contributed by atoms with Crippen molar-refractivity contribution in [2.45, 2.75) is 27.7 Å². The second kappa shape index (κ2) is 25.7. The van der Waals surface area contributed by atoms with Gasteiger partial charge in [-0.1, -0.05) is 91.1 Å². The SMILES string of the molecule is C=C/C(=C\C=C(/C)C(CN)C(=O)Nc1ccc2cnccc2c1)B1OB(/C(C)=C/C=C(\C)C(CN)C(=O)Nc2ccc3cnccc3c2)OB(/C(C)=C/C=C(\C=C)C(CN)C(=O)Nc2ccc3cnccc3c2)O1. The molecule has 0 bridgehead atoms. The molecule has 0 spiro atoms. The number of rotatable bonds is 20. The molecule has 9 N–H and O–H groups in total. The highest BCUT2D eigenvalue weighted by atomic mass is 16.7. The van der Waals surface area contributed by atoms with Crippen LogP contribution in [0.5, 0.6) is 0 Å². The molecule has 3 amide bonds. The van der Waals surface area contributed by atoms with Crippen LogP contribution in [0, 0.1) is 17.8 Å². The third-order valence-corrected chi connectivity index (χ3v) is 12.8. The van der Waals surface area contributed by atoms with E-state index in [0.29, 0.717) is 50.2 Å². The highest BCUT2D eigenvalue weighted by Gasteiger charge is 2.43. The summed E-state index contributed by atoms with van der Waals surface area (Å²) in [6, 6.07) is 22.5. The third-order valence-electron chi connectivity index (χ3n) is 12.8. The number of anilines is 3. The second-order valence-corrected chi connectivity index (χ2v) is 17.9. The number of pyridine rings is 3. The molecule has 0 radical (unpaired) electrons. The Labute approximate surface area is 432 Å². The Kier molecular flexibility index (Phi) is 18.7. The van der Waals surface area contributed by atoms with E-state index in [-0.39, 0.29) is 37.4 Å². The van der Waals surface area contributed by atoms with E-state index in [0.717, 1.165) is 32.3 Å². The minimum atomic E-state index is -1.02. The number of amides is 3. The minimum Gasteiger partial charge on any atom is -0.445 e. The summed E-state index contributed by atoms with van der Waals surface area (Å²) in [5.74, 6) is -2.85. The van der Waals surface area contributed by atoms with Gasteiger partial charge in [0.05, 0.1) is 17.8 Å². The van der Waals surface area contributed by atoms with Gasteiger partial charge in [0.1, 0.15) is 0 Å². The molecule has 15 nitrogen and oxygen atoms in total. The summed E-state index contributed by atoms with van der Waals surface area (Å²) in [5.41, 5.74) is 24.3. The molecule has 7 rings (SSSR count). The summed E-state index contributed by atoms with van der Waals surface area (Å²) in [7, 11) is -2.95. The van der Waals surface area contributed by atoms with Crippen molar-refractivity contribution in [3.63, 3.8) is 0 Å². The van der Waals surface area contributed by atoms with Crippen LogP contribution in [0.1, 0.15) is 27.7 Å². The van der Waals surface area contributed by atoms with E-state index in [1.165, 1.54) is 0 Å². The van der Waals surface area contributed by atoms with E-state index < -0.39 is 39.1 Å². The van der Waals surface area contributed by atoms with E-state index in [2.05, 4.69) is 44.1 Å². The first kappa shape index (κ1) is 54.0. The van der Waals surface area contributed by atoms with E-state index in [9.17, 15) is 14.4 Å². The topological polar surface area (TPSA) is 232 Å². The van der Waals surface area contributed by atoms with Gasteiger partial charge in [-0.05, 0) is 120 Å². The standard InChI is InChI=1S/C56H60B3N9O6/c1-7-40(53(32-62)56(71)68-50-20-16-46-35-65-26-23-43(46)29-50)13-12-39(6)58-72-57(38(5)11-9-36(3)51(30-60)54(69)66-48-18-14-44-33-63-24-21-41(44)27-48)73-59(74-58)47(8-2)17-10-37(4)52(31-61)55(70)67-49-19-15-45-34-64-25-22-42(45)28-49/h7-29,33-35,51-53H,1-2,30-32,60-62H2,3-6H3,(H,66,69)(H,67,70)(H,68,71)/b36-9+,37-10+,38-11+,39-12+,40-13+,47-17+. The van der Waals surface area contributed by atoms with Crippen molar-refractivity contribution in [2.24, 2.45) is 35.0 Å². The fourth-order valence-corrected chi connectivity index (χ4v) is 8.26. The number of hydrogen-bond donors (Lipinski definition) is 6. The van der Waals surface area contributed by atoms with E-state index in [1.807, 2.05) is 113 Å². The molecule has 6 aromatic rings. The number of nitrogens with zero attached hydrogens (tertiary/aromatic N) is 3. The average molecular weight is 988 g/mol. The largest absolute Gasteiger partial charge is 0.466 e. The predicted molar refractivity (Wildman–Crippen MR) is 301 cm³/mol. The molecule has 0 aliphatic carbocycles. The van der Waals surface area contributed by atoms with Crippen LogP contribution in [0.15, 0.2) is 205 Å². The maximum absolute atomic E-state index is 13.7. The van der Waals surface area contributed by atoms with Crippen molar-refractivity contribution in [3.8, 4) is 0 Å². The molecule has 1 fully saturated rings. The fourth-order valence-electron chi connectivity index (χ4n) is 8.26. The molecule has 3 aromatic carbocycles. The van der Waals surface area contributed by atoms with Gasteiger partial charge >= 0.3 is 21.4 Å². The van der Waals surface area contributed by atoms with E-state index in [4.69, 9.17) is 30.9 Å². The third kappa shape index (κ3) is 13.6. The molecule has 3 unspecified atom stereocenters. The zero-order valence-electron chi connectivity index (χ0n) is 42.0. The number of nitrogens with two attached hydrogens (primary N) is 3. The monoisotopic (exact) mass is 987 g/mol. The molecular weight excluding hydrogens is 927 g/mol. The van der Waals surface area contributed by atoms with Crippen molar-refractivity contribution in [3.05, 3.63) is 205 Å². The Balaban J connectivity index is 1.13. The normalized spacial score (nSPS) is 15.5.